The number of fused-ring (bicyclic) bond motifs is 5. The normalized spacial score (nSPS) is 11.0. The molecule has 43 heavy (non-hydrogen) atoms. The van der Waals surface area contributed by atoms with Gasteiger partial charge in [0.05, 0.1) is 5.75 Å². The van der Waals surface area contributed by atoms with Crippen molar-refractivity contribution < 1.29 is 24.8 Å². The van der Waals surface area contributed by atoms with Gasteiger partial charge in [-0.15, -0.1) is 53.6 Å². The Bertz CT molecular complexity index is 1830. The van der Waals surface area contributed by atoms with Gasteiger partial charge in [0.15, 0.2) is 0 Å². The van der Waals surface area contributed by atoms with Crippen LogP contribution in [-0.4, -0.2) is 9.97 Å². The molecule has 0 unspecified atom stereocenters. The summed E-state index contributed by atoms with van der Waals surface area (Å²) in [6.07, 6.45) is 4.81. The van der Waals surface area contributed by atoms with Gasteiger partial charge in [-0.05, 0) is 60.0 Å². The van der Waals surface area contributed by atoms with Crippen LogP contribution in [0.15, 0.2) is 122 Å². The number of rotatable bonds is 4. The minimum atomic E-state index is 0. The molecule has 2 aromatic heterocycles. The van der Waals surface area contributed by atoms with Crippen LogP contribution in [0.2, 0.25) is 0 Å². The fraction of sp³-hybridized carbons (Fsp3) is 0.128. The first-order chi connectivity index (χ1) is 20.5. The van der Waals surface area contributed by atoms with Crippen LogP contribution < -0.4 is 4.74 Å². The molecular formula is C39H32IrN2O-2. The first-order valence-corrected chi connectivity index (χ1v) is 14.3. The van der Waals surface area contributed by atoms with Crippen LogP contribution in [0, 0.1) is 25.0 Å². The number of aryl methyl sites for hydroxylation is 1. The van der Waals surface area contributed by atoms with Gasteiger partial charge in [0.25, 0.3) is 0 Å². The molecule has 215 valence electrons. The standard InChI is InChI=1S/C24H16NO.C15H16N.Ir/c1-16-12-13-25-22(14-16)17-10-11-21-19-7-3-2-6-18(19)20-8-4-5-9-23(20)26-24(21)15-17;1-12(2)10-13-8-9-16-15(11-13)14-6-4-3-5-7-14;/h2-9,11-15H,1H3;3-6,8-9,11-12H,10H2,1-2H3;/q2*-1;. The van der Waals surface area contributed by atoms with Gasteiger partial charge < -0.3 is 14.7 Å². The molecule has 0 saturated heterocycles. The van der Waals surface area contributed by atoms with E-state index in [4.69, 9.17) is 4.74 Å². The maximum atomic E-state index is 6.33. The van der Waals surface area contributed by atoms with E-state index < -0.39 is 0 Å². The van der Waals surface area contributed by atoms with Crippen LogP contribution >= 0.6 is 0 Å². The summed E-state index contributed by atoms with van der Waals surface area (Å²) in [5.41, 5.74) is 10.9. The SMILES string of the molecule is CC(C)Cc1ccnc(-c2[c-]cccc2)c1.Cc1ccnc(-c2[c-]cc3c(c2)Oc2ccccc2-c2ccccc2-3)c1.[Ir]. The summed E-state index contributed by atoms with van der Waals surface area (Å²) in [7, 11) is 0. The van der Waals surface area contributed by atoms with Gasteiger partial charge >= 0.3 is 0 Å². The smallest absolute Gasteiger partial charge is 0.132 e. The van der Waals surface area contributed by atoms with Crippen molar-refractivity contribution in [3.8, 4) is 56.3 Å². The third kappa shape index (κ3) is 7.00. The molecule has 0 atom stereocenters. The Balaban J connectivity index is 0.000000188. The van der Waals surface area contributed by atoms with Crippen molar-refractivity contribution >= 4 is 0 Å². The van der Waals surface area contributed by atoms with E-state index in [2.05, 4.69) is 91.4 Å². The molecular weight excluding hydrogens is 705 g/mol. The van der Waals surface area contributed by atoms with E-state index in [0.29, 0.717) is 5.92 Å². The summed E-state index contributed by atoms with van der Waals surface area (Å²) in [5.74, 6) is 2.38. The molecule has 4 aromatic carbocycles. The Labute approximate surface area is 268 Å². The van der Waals surface area contributed by atoms with Crippen molar-refractivity contribution in [2.75, 3.05) is 0 Å². The average Bonchev–Trinajstić information content (AvgIpc) is 3.16. The summed E-state index contributed by atoms with van der Waals surface area (Å²) in [4.78, 5) is 8.87. The zero-order chi connectivity index (χ0) is 28.9. The van der Waals surface area contributed by atoms with Gasteiger partial charge in [-0.25, -0.2) is 0 Å². The third-order valence-electron chi connectivity index (χ3n) is 7.17. The molecule has 0 saturated carbocycles. The second-order valence-electron chi connectivity index (χ2n) is 10.9. The van der Waals surface area contributed by atoms with E-state index in [1.165, 1.54) is 16.7 Å². The van der Waals surface area contributed by atoms with E-state index in [-0.39, 0.29) is 20.1 Å². The second kappa shape index (κ2) is 13.7. The summed E-state index contributed by atoms with van der Waals surface area (Å²) < 4.78 is 6.33. The quantitative estimate of drug-likeness (QED) is 0.169. The molecule has 0 aliphatic carbocycles. The van der Waals surface area contributed by atoms with Crippen LogP contribution in [0.5, 0.6) is 11.5 Å². The Morgan fingerprint density at radius 3 is 2.05 bits per heavy atom. The third-order valence-corrected chi connectivity index (χ3v) is 7.17. The number of aromatic nitrogens is 2. The van der Waals surface area contributed by atoms with Crippen molar-refractivity contribution in [3.63, 3.8) is 0 Å². The van der Waals surface area contributed by atoms with E-state index in [0.717, 1.165) is 57.1 Å². The number of para-hydroxylation sites is 1. The second-order valence-corrected chi connectivity index (χ2v) is 10.9. The minimum absolute atomic E-state index is 0. The van der Waals surface area contributed by atoms with Crippen molar-refractivity contribution in [2.45, 2.75) is 27.2 Å². The molecule has 3 heterocycles. The largest absolute Gasteiger partial charge is 0.476 e. The van der Waals surface area contributed by atoms with Crippen LogP contribution in [0.3, 0.4) is 0 Å². The molecule has 4 heteroatoms. The van der Waals surface area contributed by atoms with Crippen LogP contribution in [0.25, 0.3) is 44.8 Å². The van der Waals surface area contributed by atoms with Crippen molar-refractivity contribution in [1.29, 1.82) is 0 Å². The van der Waals surface area contributed by atoms with Crippen LogP contribution in [0.1, 0.15) is 25.0 Å². The average molecular weight is 737 g/mol. The molecule has 1 aliphatic heterocycles. The van der Waals surface area contributed by atoms with E-state index in [1.807, 2.05) is 73.1 Å². The molecule has 1 radical (unpaired) electrons. The van der Waals surface area contributed by atoms with Gasteiger partial charge in [0.2, 0.25) is 0 Å². The molecule has 0 N–H and O–H groups in total. The topological polar surface area (TPSA) is 35.0 Å². The monoisotopic (exact) mass is 737 g/mol. The molecule has 0 spiro atoms. The maximum absolute atomic E-state index is 6.33. The fourth-order valence-electron chi connectivity index (χ4n) is 5.22. The molecule has 7 rings (SSSR count). The summed E-state index contributed by atoms with van der Waals surface area (Å²) in [5, 5.41) is 0. The Hall–Kier alpha value is -4.37. The molecule has 0 amide bonds. The molecule has 3 nitrogen and oxygen atoms in total. The maximum Gasteiger partial charge on any atom is 0.132 e. The Kier molecular flexibility index (Phi) is 9.61. The van der Waals surface area contributed by atoms with Crippen LogP contribution in [-0.2, 0) is 26.5 Å². The van der Waals surface area contributed by atoms with E-state index in [1.54, 1.807) is 0 Å². The summed E-state index contributed by atoms with van der Waals surface area (Å²) in [6, 6.07) is 43.5. The van der Waals surface area contributed by atoms with Gasteiger partial charge in [-0.2, -0.15) is 0 Å². The number of hydrogen-bond donors (Lipinski definition) is 0. The summed E-state index contributed by atoms with van der Waals surface area (Å²) in [6.45, 7) is 6.53. The number of hydrogen-bond acceptors (Lipinski definition) is 3. The van der Waals surface area contributed by atoms with Crippen molar-refractivity contribution in [3.05, 3.63) is 145 Å². The predicted octanol–water partition coefficient (Wildman–Crippen LogP) is 10.0. The summed E-state index contributed by atoms with van der Waals surface area (Å²) >= 11 is 0. The predicted molar refractivity (Wildman–Crippen MR) is 171 cm³/mol. The molecule has 6 aromatic rings. The first-order valence-electron chi connectivity index (χ1n) is 14.3. The van der Waals surface area contributed by atoms with Crippen LogP contribution in [0.4, 0.5) is 0 Å². The first kappa shape index (κ1) is 30.1. The number of pyridine rings is 2. The number of benzene rings is 4. The fourth-order valence-corrected chi connectivity index (χ4v) is 5.22. The molecule has 0 bridgehead atoms. The van der Waals surface area contributed by atoms with E-state index in [9.17, 15) is 0 Å². The van der Waals surface area contributed by atoms with Crippen molar-refractivity contribution in [2.24, 2.45) is 5.92 Å². The van der Waals surface area contributed by atoms with Gasteiger partial charge in [-0.3, -0.25) is 0 Å². The van der Waals surface area contributed by atoms with E-state index >= 15 is 0 Å². The van der Waals surface area contributed by atoms with Gasteiger partial charge in [-0.1, -0.05) is 91.2 Å². The number of ether oxygens (including phenoxy) is 1. The Morgan fingerprint density at radius 1 is 0.651 bits per heavy atom. The Morgan fingerprint density at radius 2 is 1.33 bits per heavy atom. The van der Waals surface area contributed by atoms with Crippen molar-refractivity contribution in [1.82, 2.24) is 9.97 Å². The van der Waals surface area contributed by atoms with Gasteiger partial charge in [0, 0.05) is 38.1 Å². The minimum Gasteiger partial charge on any atom is -0.476 e. The zero-order valence-corrected chi connectivity index (χ0v) is 26.9. The molecule has 0 fully saturated rings. The van der Waals surface area contributed by atoms with Gasteiger partial charge in [0.1, 0.15) is 5.75 Å². The zero-order valence-electron chi connectivity index (χ0n) is 24.5. The number of nitrogens with zero attached hydrogens (tertiary/aromatic N) is 2. The molecule has 1 aliphatic rings.